The van der Waals surface area contributed by atoms with E-state index >= 15 is 0 Å². The summed E-state index contributed by atoms with van der Waals surface area (Å²) in [5.74, 6) is 0.924. The maximum Gasteiger partial charge on any atom is 0.193 e. The van der Waals surface area contributed by atoms with Crippen LogP contribution in [-0.2, 0) is 16.0 Å². The molecular weight excluding hydrogens is 453 g/mol. The van der Waals surface area contributed by atoms with E-state index in [9.17, 15) is 0 Å². The van der Waals surface area contributed by atoms with E-state index in [4.69, 9.17) is 21.1 Å². The zero-order valence-electron chi connectivity index (χ0n) is 15.0. The summed E-state index contributed by atoms with van der Waals surface area (Å²) in [5, 5.41) is 4.19. The van der Waals surface area contributed by atoms with Crippen LogP contribution in [0.2, 0.25) is 5.02 Å². The zero-order valence-corrected chi connectivity index (χ0v) is 18.1. The van der Waals surface area contributed by atoms with Crippen LogP contribution in [0.15, 0.2) is 29.3 Å². The molecule has 25 heavy (non-hydrogen) atoms. The van der Waals surface area contributed by atoms with E-state index in [0.717, 1.165) is 62.1 Å². The number of hydrogen-bond acceptors (Lipinski definition) is 3. The van der Waals surface area contributed by atoms with Gasteiger partial charge in [0.2, 0.25) is 0 Å². The Labute approximate surface area is 173 Å². The monoisotopic (exact) mass is 481 g/mol. The van der Waals surface area contributed by atoms with Crippen LogP contribution in [0, 0.1) is 0 Å². The van der Waals surface area contributed by atoms with Gasteiger partial charge in [0.25, 0.3) is 0 Å². The van der Waals surface area contributed by atoms with Gasteiger partial charge in [-0.05, 0) is 30.9 Å². The minimum atomic E-state index is 0. The lowest BCUT2D eigenvalue weighted by molar-refractivity contribution is 0.00990. The lowest BCUT2D eigenvalue weighted by Crippen LogP contribution is -2.46. The fourth-order valence-electron chi connectivity index (χ4n) is 2.84. The van der Waals surface area contributed by atoms with Crippen molar-refractivity contribution < 1.29 is 9.47 Å². The van der Waals surface area contributed by atoms with Crippen molar-refractivity contribution in [2.45, 2.75) is 31.9 Å². The Morgan fingerprint density at radius 2 is 2.00 bits per heavy atom. The lowest BCUT2D eigenvalue weighted by atomic mass is 10.1. The largest absolute Gasteiger partial charge is 0.385 e. The van der Waals surface area contributed by atoms with Gasteiger partial charge < -0.3 is 19.7 Å². The van der Waals surface area contributed by atoms with E-state index in [1.54, 1.807) is 7.11 Å². The Kier molecular flexibility index (Phi) is 11.4. The van der Waals surface area contributed by atoms with Crippen LogP contribution in [0.3, 0.4) is 0 Å². The van der Waals surface area contributed by atoms with Crippen LogP contribution in [0.4, 0.5) is 0 Å². The molecule has 1 fully saturated rings. The first kappa shape index (κ1) is 22.5. The average molecular weight is 482 g/mol. The van der Waals surface area contributed by atoms with Gasteiger partial charge in [0.15, 0.2) is 5.96 Å². The first-order valence-electron chi connectivity index (χ1n) is 8.54. The molecule has 1 aliphatic rings. The Balaban J connectivity index is 0.00000312. The van der Waals surface area contributed by atoms with Gasteiger partial charge in [-0.3, -0.25) is 4.99 Å². The van der Waals surface area contributed by atoms with Gasteiger partial charge in [0.05, 0.1) is 6.10 Å². The highest BCUT2D eigenvalue weighted by atomic mass is 127. The number of guanidine groups is 1. The van der Waals surface area contributed by atoms with E-state index in [1.165, 1.54) is 0 Å². The summed E-state index contributed by atoms with van der Waals surface area (Å²) in [7, 11) is 3.54. The van der Waals surface area contributed by atoms with Crippen molar-refractivity contribution in [1.29, 1.82) is 0 Å². The number of methoxy groups -OCH3 is 1. The first-order chi connectivity index (χ1) is 11.7. The Hall–Kier alpha value is -0.570. The van der Waals surface area contributed by atoms with Gasteiger partial charge in [0, 0.05) is 52.0 Å². The number of aliphatic imine (C=N–C) groups is 1. The maximum atomic E-state index is 6.21. The molecule has 1 aromatic carbocycles. The minimum Gasteiger partial charge on any atom is -0.385 e. The molecule has 1 heterocycles. The fourth-order valence-corrected chi connectivity index (χ4v) is 3.04. The maximum absolute atomic E-state index is 6.21. The molecule has 0 unspecified atom stereocenters. The minimum absolute atomic E-state index is 0. The highest BCUT2D eigenvalue weighted by molar-refractivity contribution is 14.0. The van der Waals surface area contributed by atoms with Gasteiger partial charge in [-0.1, -0.05) is 29.8 Å². The molecule has 2 rings (SSSR count). The third-order valence-corrected chi connectivity index (χ3v) is 4.56. The molecule has 0 amide bonds. The molecule has 5 nitrogen and oxygen atoms in total. The summed E-state index contributed by atoms with van der Waals surface area (Å²) in [4.78, 5) is 6.68. The molecule has 142 valence electrons. The van der Waals surface area contributed by atoms with E-state index < -0.39 is 0 Å². The highest BCUT2D eigenvalue weighted by Crippen LogP contribution is 2.16. The molecule has 0 saturated carbocycles. The molecule has 0 aromatic heterocycles. The second-order valence-electron chi connectivity index (χ2n) is 5.90. The molecule has 7 heteroatoms. The molecule has 0 aliphatic carbocycles. The normalized spacial score (nSPS) is 15.8. The van der Waals surface area contributed by atoms with E-state index in [-0.39, 0.29) is 24.0 Å². The summed E-state index contributed by atoms with van der Waals surface area (Å²) < 4.78 is 11.0. The topological polar surface area (TPSA) is 46.1 Å². The molecule has 0 atom stereocenters. The zero-order chi connectivity index (χ0) is 17.2. The molecule has 1 N–H and O–H groups in total. The Morgan fingerprint density at radius 3 is 2.64 bits per heavy atom. The van der Waals surface area contributed by atoms with E-state index in [2.05, 4.69) is 15.2 Å². The quantitative estimate of drug-likeness (QED) is 0.280. The summed E-state index contributed by atoms with van der Waals surface area (Å²) in [6.45, 7) is 4.13. The number of piperidine rings is 1. The Morgan fingerprint density at radius 1 is 1.28 bits per heavy atom. The second kappa shape index (κ2) is 12.7. The summed E-state index contributed by atoms with van der Waals surface area (Å²) in [6.07, 6.45) is 3.36. The first-order valence-corrected chi connectivity index (χ1v) is 8.92. The average Bonchev–Trinajstić information content (AvgIpc) is 2.62. The van der Waals surface area contributed by atoms with Crippen molar-refractivity contribution in [3.63, 3.8) is 0 Å². The standard InChI is InChI=1S/C18H28ClN3O2.HI/c1-20-18(21-14-15-6-3-4-7-17(15)19)22-10-8-16(9-11-22)24-13-5-12-23-2;/h3-4,6-7,16H,5,8-14H2,1-2H3,(H,20,21);1H. The van der Waals surface area contributed by atoms with E-state index in [0.29, 0.717) is 12.6 Å². The number of likely N-dealkylation sites (tertiary alicyclic amines) is 1. The van der Waals surface area contributed by atoms with Crippen LogP contribution in [0.5, 0.6) is 0 Å². The molecule has 1 aliphatic heterocycles. The van der Waals surface area contributed by atoms with Crippen molar-refractivity contribution in [1.82, 2.24) is 10.2 Å². The molecule has 0 spiro atoms. The number of nitrogens with zero attached hydrogens (tertiary/aromatic N) is 2. The number of halogens is 2. The molecule has 1 aromatic rings. The number of ether oxygens (including phenoxy) is 2. The van der Waals surface area contributed by atoms with Crippen molar-refractivity contribution in [3.8, 4) is 0 Å². The van der Waals surface area contributed by atoms with Gasteiger partial charge in [-0.25, -0.2) is 0 Å². The predicted molar refractivity (Wildman–Crippen MR) is 114 cm³/mol. The van der Waals surface area contributed by atoms with Gasteiger partial charge in [-0.2, -0.15) is 0 Å². The summed E-state index contributed by atoms with van der Waals surface area (Å²) in [6, 6.07) is 7.88. The predicted octanol–water partition coefficient (Wildman–Crippen LogP) is 3.55. The second-order valence-corrected chi connectivity index (χ2v) is 6.30. The molecular formula is C18H29ClIN3O2. The van der Waals surface area contributed by atoms with Crippen LogP contribution in [-0.4, -0.2) is 57.4 Å². The third kappa shape index (κ3) is 7.68. The SMILES string of the molecule is CN=C(NCc1ccccc1Cl)N1CCC(OCCCOC)CC1.I. The van der Waals surface area contributed by atoms with Gasteiger partial charge in [0.1, 0.15) is 0 Å². The van der Waals surface area contributed by atoms with Crippen LogP contribution in [0.25, 0.3) is 0 Å². The van der Waals surface area contributed by atoms with Crippen molar-refractivity contribution in [2.24, 2.45) is 4.99 Å². The van der Waals surface area contributed by atoms with Crippen molar-refractivity contribution in [2.75, 3.05) is 40.5 Å². The number of rotatable bonds is 7. The summed E-state index contributed by atoms with van der Waals surface area (Å²) in [5.41, 5.74) is 1.08. The highest BCUT2D eigenvalue weighted by Gasteiger charge is 2.21. The van der Waals surface area contributed by atoms with Gasteiger partial charge >= 0.3 is 0 Å². The van der Waals surface area contributed by atoms with Crippen LogP contribution in [0.1, 0.15) is 24.8 Å². The van der Waals surface area contributed by atoms with E-state index in [1.807, 2.05) is 31.3 Å². The molecule has 0 bridgehead atoms. The van der Waals surface area contributed by atoms with Crippen LogP contribution < -0.4 is 5.32 Å². The Bertz CT molecular complexity index is 523. The summed E-state index contributed by atoms with van der Waals surface area (Å²) >= 11 is 6.21. The number of hydrogen-bond donors (Lipinski definition) is 1. The molecule has 1 saturated heterocycles. The fraction of sp³-hybridized carbons (Fsp3) is 0.611. The number of benzene rings is 1. The van der Waals surface area contributed by atoms with Crippen molar-refractivity contribution >= 4 is 41.5 Å². The smallest absolute Gasteiger partial charge is 0.193 e. The third-order valence-electron chi connectivity index (χ3n) is 4.19. The number of nitrogens with one attached hydrogen (secondary N) is 1. The van der Waals surface area contributed by atoms with Crippen LogP contribution >= 0.6 is 35.6 Å². The molecule has 0 radical (unpaired) electrons. The van der Waals surface area contributed by atoms with Gasteiger partial charge in [-0.15, -0.1) is 24.0 Å². The lowest BCUT2D eigenvalue weighted by Gasteiger charge is -2.34. The van der Waals surface area contributed by atoms with Crippen molar-refractivity contribution in [3.05, 3.63) is 34.9 Å².